The van der Waals surface area contributed by atoms with Gasteiger partial charge in [0.1, 0.15) is 5.82 Å². The van der Waals surface area contributed by atoms with Crippen LogP contribution < -0.4 is 14.8 Å². The molecule has 0 fully saturated rings. The molecule has 2 aromatic rings. The number of hydrogen-bond donors (Lipinski definition) is 1. The minimum Gasteiger partial charge on any atom is -0.493 e. The molecule has 7 nitrogen and oxygen atoms in total. The highest BCUT2D eigenvalue weighted by Gasteiger charge is 2.19. The van der Waals surface area contributed by atoms with Gasteiger partial charge in [-0.05, 0) is 26.0 Å². The van der Waals surface area contributed by atoms with Crippen LogP contribution >= 0.6 is 11.8 Å². The second-order valence-electron chi connectivity index (χ2n) is 5.25. The summed E-state index contributed by atoms with van der Waals surface area (Å²) in [4.78, 5) is 12.5. The summed E-state index contributed by atoms with van der Waals surface area (Å²) in [5, 5.41) is 11.4. The maximum Gasteiger partial charge on any atom is 0.237 e. The highest BCUT2D eigenvalue weighted by atomic mass is 32.2. The van der Waals surface area contributed by atoms with Gasteiger partial charge in [0, 0.05) is 18.3 Å². The number of nitrogens with one attached hydrogen (secondary N) is 1. The number of hydrogen-bond acceptors (Lipinski definition) is 6. The zero-order chi connectivity index (χ0) is 18.4. The van der Waals surface area contributed by atoms with Gasteiger partial charge in [-0.15, -0.1) is 16.8 Å². The highest BCUT2D eigenvalue weighted by Crippen LogP contribution is 2.30. The van der Waals surface area contributed by atoms with Crippen LogP contribution in [0.3, 0.4) is 0 Å². The molecular formula is C17H22N4O3S. The van der Waals surface area contributed by atoms with Gasteiger partial charge >= 0.3 is 0 Å². The van der Waals surface area contributed by atoms with Gasteiger partial charge in [-0.3, -0.25) is 4.79 Å². The number of carbonyl (C=O) groups excluding carboxylic acids is 1. The molecule has 0 aliphatic heterocycles. The number of anilines is 1. The summed E-state index contributed by atoms with van der Waals surface area (Å²) >= 11 is 1.35. The van der Waals surface area contributed by atoms with Crippen LogP contribution in [0.2, 0.25) is 0 Å². The Balaban J connectivity index is 2.07. The normalized spacial score (nSPS) is 11.7. The number of methoxy groups -OCH3 is 2. The summed E-state index contributed by atoms with van der Waals surface area (Å²) < 4.78 is 12.4. The van der Waals surface area contributed by atoms with Gasteiger partial charge < -0.3 is 19.4 Å². The zero-order valence-corrected chi connectivity index (χ0v) is 15.6. The molecule has 2 rings (SSSR count). The predicted molar refractivity (Wildman–Crippen MR) is 98.5 cm³/mol. The molecule has 1 N–H and O–H groups in total. The van der Waals surface area contributed by atoms with E-state index in [9.17, 15) is 4.79 Å². The lowest BCUT2D eigenvalue weighted by Gasteiger charge is -2.14. The van der Waals surface area contributed by atoms with Gasteiger partial charge in [0.15, 0.2) is 16.7 Å². The number of amides is 1. The summed E-state index contributed by atoms with van der Waals surface area (Å²) in [5.41, 5.74) is 0.638. The van der Waals surface area contributed by atoms with Gasteiger partial charge in [0.05, 0.1) is 19.5 Å². The third kappa shape index (κ3) is 4.54. The van der Waals surface area contributed by atoms with E-state index in [0.29, 0.717) is 28.9 Å². The molecule has 0 saturated carbocycles. The molecule has 0 aliphatic carbocycles. The van der Waals surface area contributed by atoms with Crippen LogP contribution in [0.4, 0.5) is 5.69 Å². The Kier molecular flexibility index (Phi) is 6.46. The fourth-order valence-corrected chi connectivity index (χ4v) is 3.06. The SMILES string of the molecule is C=CCn1c(C)nnc1S[C@H](C)C(=O)Nc1ccc(OC)c(OC)c1. The fraction of sp³-hybridized carbons (Fsp3) is 0.353. The summed E-state index contributed by atoms with van der Waals surface area (Å²) in [7, 11) is 3.12. The van der Waals surface area contributed by atoms with E-state index < -0.39 is 0 Å². The molecule has 0 saturated heterocycles. The largest absolute Gasteiger partial charge is 0.493 e. The molecule has 1 aromatic carbocycles. The average Bonchev–Trinajstić information content (AvgIpc) is 2.95. The minimum atomic E-state index is -0.347. The Hall–Kier alpha value is -2.48. The standard InChI is InChI=1S/C17H22N4O3S/c1-6-9-21-12(3)19-20-17(21)25-11(2)16(22)18-13-7-8-14(23-4)15(10-13)24-5/h6-8,10-11H,1,9H2,2-5H3,(H,18,22)/t11-/m1/s1. The fourth-order valence-electron chi connectivity index (χ4n) is 2.16. The van der Waals surface area contributed by atoms with Crippen molar-refractivity contribution in [3.63, 3.8) is 0 Å². The first-order chi connectivity index (χ1) is 12.0. The Morgan fingerprint density at radius 3 is 2.72 bits per heavy atom. The third-order valence-electron chi connectivity index (χ3n) is 3.52. The monoisotopic (exact) mass is 362 g/mol. The van der Waals surface area contributed by atoms with Crippen molar-refractivity contribution in [2.45, 2.75) is 30.8 Å². The molecule has 25 heavy (non-hydrogen) atoms. The van der Waals surface area contributed by atoms with Crippen molar-refractivity contribution in [3.05, 3.63) is 36.7 Å². The lowest BCUT2D eigenvalue weighted by atomic mass is 10.2. The van der Waals surface area contributed by atoms with E-state index in [0.717, 1.165) is 5.82 Å². The van der Waals surface area contributed by atoms with Gasteiger partial charge in [-0.25, -0.2) is 0 Å². The number of rotatable bonds is 8. The van der Waals surface area contributed by atoms with Crippen molar-refractivity contribution >= 4 is 23.4 Å². The van der Waals surface area contributed by atoms with Crippen LogP contribution in [-0.4, -0.2) is 40.1 Å². The number of ether oxygens (including phenoxy) is 2. The van der Waals surface area contributed by atoms with Gasteiger partial charge in [0.2, 0.25) is 5.91 Å². The van der Waals surface area contributed by atoms with E-state index in [1.807, 2.05) is 18.4 Å². The van der Waals surface area contributed by atoms with Crippen molar-refractivity contribution in [1.29, 1.82) is 0 Å². The minimum absolute atomic E-state index is 0.136. The topological polar surface area (TPSA) is 78.3 Å². The zero-order valence-electron chi connectivity index (χ0n) is 14.8. The number of thioether (sulfide) groups is 1. The molecule has 134 valence electrons. The summed E-state index contributed by atoms with van der Waals surface area (Å²) in [6, 6.07) is 5.23. The van der Waals surface area contributed by atoms with Crippen molar-refractivity contribution < 1.29 is 14.3 Å². The van der Waals surface area contributed by atoms with Crippen LogP contribution in [0, 0.1) is 6.92 Å². The summed E-state index contributed by atoms with van der Waals surface area (Å²) in [5.74, 6) is 1.82. The van der Waals surface area contributed by atoms with Crippen molar-refractivity contribution in [1.82, 2.24) is 14.8 Å². The predicted octanol–water partition coefficient (Wildman–Crippen LogP) is 2.91. The van der Waals surface area contributed by atoms with E-state index >= 15 is 0 Å². The van der Waals surface area contributed by atoms with Gasteiger partial charge in [0.25, 0.3) is 0 Å². The first-order valence-electron chi connectivity index (χ1n) is 7.70. The lowest BCUT2D eigenvalue weighted by molar-refractivity contribution is -0.115. The second kappa shape index (κ2) is 8.57. The quantitative estimate of drug-likeness (QED) is 0.575. The van der Waals surface area contributed by atoms with Crippen LogP contribution in [0.25, 0.3) is 0 Å². The highest BCUT2D eigenvalue weighted by molar-refractivity contribution is 8.00. The maximum absolute atomic E-state index is 12.5. The van der Waals surface area contributed by atoms with Gasteiger partial charge in [-0.2, -0.15) is 0 Å². The van der Waals surface area contributed by atoms with Crippen molar-refractivity contribution in [2.75, 3.05) is 19.5 Å². The van der Waals surface area contributed by atoms with Crippen molar-refractivity contribution in [3.8, 4) is 11.5 Å². The molecular weight excluding hydrogens is 340 g/mol. The molecule has 1 amide bonds. The van der Waals surface area contributed by atoms with E-state index in [2.05, 4.69) is 22.1 Å². The third-order valence-corrected chi connectivity index (χ3v) is 4.60. The van der Waals surface area contributed by atoms with E-state index in [1.54, 1.807) is 38.5 Å². The molecule has 1 atom stereocenters. The summed E-state index contributed by atoms with van der Waals surface area (Å²) in [6.07, 6.45) is 1.77. The number of nitrogens with zero attached hydrogens (tertiary/aromatic N) is 3. The molecule has 0 radical (unpaired) electrons. The van der Waals surface area contributed by atoms with Gasteiger partial charge in [-0.1, -0.05) is 17.8 Å². The number of allylic oxidation sites excluding steroid dienone is 1. The molecule has 0 unspecified atom stereocenters. The second-order valence-corrected chi connectivity index (χ2v) is 6.56. The molecule has 1 aromatic heterocycles. The number of aromatic nitrogens is 3. The Morgan fingerprint density at radius 2 is 2.08 bits per heavy atom. The van der Waals surface area contributed by atoms with Crippen LogP contribution in [0.15, 0.2) is 36.0 Å². The van der Waals surface area contributed by atoms with E-state index in [1.165, 1.54) is 11.8 Å². The van der Waals surface area contributed by atoms with Crippen LogP contribution in [0.5, 0.6) is 11.5 Å². The van der Waals surface area contributed by atoms with Crippen LogP contribution in [0.1, 0.15) is 12.7 Å². The first-order valence-corrected chi connectivity index (χ1v) is 8.58. The van der Waals surface area contributed by atoms with E-state index in [4.69, 9.17) is 9.47 Å². The average molecular weight is 362 g/mol. The molecule has 8 heteroatoms. The smallest absolute Gasteiger partial charge is 0.237 e. The molecule has 0 bridgehead atoms. The van der Waals surface area contributed by atoms with Crippen molar-refractivity contribution in [2.24, 2.45) is 0 Å². The Morgan fingerprint density at radius 1 is 1.36 bits per heavy atom. The molecule has 1 heterocycles. The first kappa shape index (κ1) is 18.9. The van der Waals surface area contributed by atoms with Crippen LogP contribution in [-0.2, 0) is 11.3 Å². The lowest BCUT2D eigenvalue weighted by Crippen LogP contribution is -2.23. The van der Waals surface area contributed by atoms with E-state index in [-0.39, 0.29) is 11.2 Å². The number of carbonyl (C=O) groups is 1. The molecule has 0 spiro atoms. The molecule has 0 aliphatic rings. The maximum atomic E-state index is 12.5. The number of aryl methyl sites for hydroxylation is 1. The number of benzene rings is 1. The Labute approximate surface area is 151 Å². The Bertz CT molecular complexity index is 760. The summed E-state index contributed by atoms with van der Waals surface area (Å²) in [6.45, 7) is 8.03.